The van der Waals surface area contributed by atoms with Gasteiger partial charge in [-0.2, -0.15) is 0 Å². The third kappa shape index (κ3) is 6.81. The summed E-state index contributed by atoms with van der Waals surface area (Å²) in [5, 5.41) is 21.6. The van der Waals surface area contributed by atoms with Crippen molar-refractivity contribution in [2.24, 2.45) is 0 Å². The highest BCUT2D eigenvalue weighted by Gasteiger charge is 2.24. The van der Waals surface area contributed by atoms with Gasteiger partial charge in [-0.1, -0.05) is 29.8 Å². The summed E-state index contributed by atoms with van der Waals surface area (Å²) in [6.45, 7) is 5.08. The van der Waals surface area contributed by atoms with Crippen molar-refractivity contribution < 1.29 is 19.8 Å². The van der Waals surface area contributed by atoms with Gasteiger partial charge in [0, 0.05) is 38.8 Å². The van der Waals surface area contributed by atoms with Crippen molar-refractivity contribution in [3.8, 4) is 0 Å². The van der Waals surface area contributed by atoms with Crippen LogP contribution in [0.3, 0.4) is 0 Å². The second-order valence-electron chi connectivity index (χ2n) is 6.58. The Labute approximate surface area is 148 Å². The molecule has 1 fully saturated rings. The Kier molecular flexibility index (Phi) is 7.36. The van der Waals surface area contributed by atoms with Gasteiger partial charge < -0.3 is 15.5 Å². The first-order valence-electron chi connectivity index (χ1n) is 8.60. The maximum Gasteiger partial charge on any atom is 0.317 e. The Bertz CT molecular complexity index is 576. The molecule has 3 N–H and O–H groups in total. The molecular weight excluding hydrogens is 322 g/mol. The molecule has 1 saturated heterocycles. The van der Waals surface area contributed by atoms with Crippen LogP contribution in [0.4, 0.5) is 0 Å². The fourth-order valence-electron chi connectivity index (χ4n) is 3.13. The number of nitrogens with one attached hydrogen (secondary N) is 1. The molecule has 1 aliphatic rings. The number of rotatable bonds is 6. The topological polar surface area (TPSA) is 93.1 Å². The van der Waals surface area contributed by atoms with E-state index >= 15 is 0 Å². The SMILES string of the molecule is Cc1ccc(CC2CNCCN(CC(=O)O)CCN2CC(=O)O)cc1. The summed E-state index contributed by atoms with van der Waals surface area (Å²) < 4.78 is 0. The monoisotopic (exact) mass is 349 g/mol. The summed E-state index contributed by atoms with van der Waals surface area (Å²) in [5.74, 6) is -1.72. The molecule has 7 nitrogen and oxygen atoms in total. The highest BCUT2D eigenvalue weighted by Crippen LogP contribution is 2.11. The van der Waals surface area contributed by atoms with Crippen LogP contribution < -0.4 is 5.32 Å². The number of hydrogen-bond donors (Lipinski definition) is 3. The zero-order chi connectivity index (χ0) is 18.2. The van der Waals surface area contributed by atoms with Gasteiger partial charge in [0.05, 0.1) is 13.1 Å². The van der Waals surface area contributed by atoms with Gasteiger partial charge in [-0.25, -0.2) is 0 Å². The molecule has 1 aromatic rings. The Morgan fingerprint density at radius 1 is 1.08 bits per heavy atom. The minimum atomic E-state index is -0.863. The summed E-state index contributed by atoms with van der Waals surface area (Å²) in [4.78, 5) is 26.0. The van der Waals surface area contributed by atoms with Gasteiger partial charge in [0.25, 0.3) is 0 Å². The summed E-state index contributed by atoms with van der Waals surface area (Å²) in [6.07, 6.45) is 0.763. The number of nitrogens with zero attached hydrogens (tertiary/aromatic N) is 2. The van der Waals surface area contributed by atoms with Gasteiger partial charge in [0.1, 0.15) is 0 Å². The molecule has 0 aromatic heterocycles. The fraction of sp³-hybridized carbons (Fsp3) is 0.556. The van der Waals surface area contributed by atoms with E-state index in [1.54, 1.807) is 0 Å². The Balaban J connectivity index is 2.09. The molecule has 0 bridgehead atoms. The largest absolute Gasteiger partial charge is 0.480 e. The van der Waals surface area contributed by atoms with E-state index in [1.807, 2.05) is 16.7 Å². The number of hydrogen-bond acceptors (Lipinski definition) is 5. The summed E-state index contributed by atoms with van der Waals surface area (Å²) in [6, 6.07) is 8.35. The minimum absolute atomic E-state index is 0.0226. The zero-order valence-electron chi connectivity index (χ0n) is 14.6. The van der Waals surface area contributed by atoms with Gasteiger partial charge in [0.15, 0.2) is 0 Å². The normalized spacial score (nSPS) is 20.4. The zero-order valence-corrected chi connectivity index (χ0v) is 14.6. The van der Waals surface area contributed by atoms with Crippen LogP contribution in [0.2, 0.25) is 0 Å². The first kappa shape index (κ1) is 19.4. The van der Waals surface area contributed by atoms with Gasteiger partial charge in [-0.15, -0.1) is 0 Å². The molecule has 0 saturated carbocycles. The van der Waals surface area contributed by atoms with E-state index in [0.29, 0.717) is 32.7 Å². The van der Waals surface area contributed by atoms with Crippen molar-refractivity contribution in [1.82, 2.24) is 15.1 Å². The average molecular weight is 349 g/mol. The van der Waals surface area contributed by atoms with Crippen LogP contribution in [-0.4, -0.2) is 83.8 Å². The summed E-state index contributed by atoms with van der Waals surface area (Å²) in [5.41, 5.74) is 2.37. The van der Waals surface area contributed by atoms with E-state index < -0.39 is 11.9 Å². The van der Waals surface area contributed by atoms with E-state index in [-0.39, 0.29) is 19.1 Å². The van der Waals surface area contributed by atoms with Crippen LogP contribution in [0.5, 0.6) is 0 Å². The van der Waals surface area contributed by atoms with Gasteiger partial charge in [0.2, 0.25) is 0 Å². The van der Waals surface area contributed by atoms with Gasteiger partial charge in [-0.3, -0.25) is 19.4 Å². The average Bonchev–Trinajstić information content (AvgIpc) is 2.62. The Hall–Kier alpha value is -1.96. The second-order valence-corrected chi connectivity index (χ2v) is 6.58. The highest BCUT2D eigenvalue weighted by molar-refractivity contribution is 5.69. The maximum atomic E-state index is 11.3. The van der Waals surface area contributed by atoms with Crippen molar-refractivity contribution in [2.45, 2.75) is 19.4 Å². The van der Waals surface area contributed by atoms with E-state index in [4.69, 9.17) is 5.11 Å². The quantitative estimate of drug-likeness (QED) is 0.679. The molecule has 25 heavy (non-hydrogen) atoms. The van der Waals surface area contributed by atoms with Crippen molar-refractivity contribution in [2.75, 3.05) is 45.8 Å². The lowest BCUT2D eigenvalue weighted by Crippen LogP contribution is -2.47. The molecule has 0 amide bonds. The number of carboxylic acids is 2. The molecule has 1 aromatic carbocycles. The lowest BCUT2D eigenvalue weighted by Gasteiger charge is -2.31. The summed E-state index contributed by atoms with van der Waals surface area (Å²) in [7, 11) is 0. The lowest BCUT2D eigenvalue weighted by atomic mass is 10.0. The number of aryl methyl sites for hydroxylation is 1. The van der Waals surface area contributed by atoms with E-state index in [1.165, 1.54) is 11.1 Å². The fourth-order valence-corrected chi connectivity index (χ4v) is 3.13. The lowest BCUT2D eigenvalue weighted by molar-refractivity contribution is -0.140. The molecule has 1 heterocycles. The maximum absolute atomic E-state index is 11.3. The third-order valence-corrected chi connectivity index (χ3v) is 4.49. The number of benzene rings is 1. The molecule has 1 atom stereocenters. The van der Waals surface area contributed by atoms with Gasteiger partial charge in [-0.05, 0) is 18.9 Å². The van der Waals surface area contributed by atoms with Crippen LogP contribution in [0, 0.1) is 6.92 Å². The standard InChI is InChI=1S/C18H27N3O4/c1-14-2-4-15(5-3-14)10-16-11-19-6-7-20(12-17(22)23)8-9-21(16)13-18(24)25/h2-5,16,19H,6-13H2,1H3,(H,22,23)(H,24,25). The van der Waals surface area contributed by atoms with Crippen molar-refractivity contribution in [1.29, 1.82) is 0 Å². The second kappa shape index (κ2) is 9.50. The highest BCUT2D eigenvalue weighted by atomic mass is 16.4. The Morgan fingerprint density at radius 2 is 1.76 bits per heavy atom. The van der Waals surface area contributed by atoms with Crippen LogP contribution in [0.15, 0.2) is 24.3 Å². The molecule has 1 unspecified atom stereocenters. The summed E-state index contributed by atoms with van der Waals surface area (Å²) >= 11 is 0. The molecule has 2 rings (SSSR count). The third-order valence-electron chi connectivity index (χ3n) is 4.49. The van der Waals surface area contributed by atoms with Gasteiger partial charge >= 0.3 is 11.9 Å². The van der Waals surface area contributed by atoms with E-state index in [0.717, 1.165) is 6.42 Å². The van der Waals surface area contributed by atoms with Crippen LogP contribution >= 0.6 is 0 Å². The first-order valence-corrected chi connectivity index (χ1v) is 8.60. The van der Waals surface area contributed by atoms with Crippen molar-refractivity contribution in [3.05, 3.63) is 35.4 Å². The minimum Gasteiger partial charge on any atom is -0.480 e. The van der Waals surface area contributed by atoms with Crippen LogP contribution in [0.25, 0.3) is 0 Å². The molecule has 7 heteroatoms. The van der Waals surface area contributed by atoms with Crippen LogP contribution in [-0.2, 0) is 16.0 Å². The van der Waals surface area contributed by atoms with E-state index in [2.05, 4.69) is 29.6 Å². The van der Waals surface area contributed by atoms with Crippen molar-refractivity contribution >= 4 is 11.9 Å². The number of carboxylic acid groups (broad SMARTS) is 2. The molecular formula is C18H27N3O4. The number of carbonyl (C=O) groups is 2. The van der Waals surface area contributed by atoms with E-state index in [9.17, 15) is 14.7 Å². The molecule has 0 spiro atoms. The van der Waals surface area contributed by atoms with Crippen LogP contribution in [0.1, 0.15) is 11.1 Å². The molecule has 0 radical (unpaired) electrons. The smallest absolute Gasteiger partial charge is 0.317 e. The first-order chi connectivity index (χ1) is 11.9. The molecule has 0 aliphatic carbocycles. The molecule has 138 valence electrons. The predicted octanol–water partition coefficient (Wildman–Crippen LogP) is 0.283. The number of aliphatic carboxylic acids is 2. The predicted molar refractivity (Wildman–Crippen MR) is 94.8 cm³/mol. The molecule has 1 aliphatic heterocycles. The van der Waals surface area contributed by atoms with Crippen molar-refractivity contribution in [3.63, 3.8) is 0 Å². The Morgan fingerprint density at radius 3 is 2.40 bits per heavy atom.